The average molecular weight is 260 g/mol. The Bertz CT molecular complexity index is 521. The van der Waals surface area contributed by atoms with E-state index in [4.69, 9.17) is 4.98 Å². The van der Waals surface area contributed by atoms with Gasteiger partial charge < -0.3 is 4.90 Å². The number of aromatic nitrogens is 1. The van der Waals surface area contributed by atoms with E-state index in [1.807, 2.05) is 6.07 Å². The maximum Gasteiger partial charge on any atom is 0.119 e. The second-order valence-electron chi connectivity index (χ2n) is 5.68. The van der Waals surface area contributed by atoms with Gasteiger partial charge in [0.2, 0.25) is 0 Å². The first-order valence-electron chi connectivity index (χ1n) is 6.13. The molecule has 1 aromatic carbocycles. The zero-order valence-electron chi connectivity index (χ0n) is 11.7. The lowest BCUT2D eigenvalue weighted by Crippen LogP contribution is -2.10. The maximum atomic E-state index is 4.85. The Hall–Kier alpha value is -1.35. The highest BCUT2D eigenvalue weighted by molar-refractivity contribution is 7.16. The summed E-state index contributed by atoms with van der Waals surface area (Å²) in [6.45, 7) is 6.63. The third-order valence-corrected chi connectivity index (χ3v) is 4.35. The van der Waals surface area contributed by atoms with Crippen LogP contribution in [0.4, 0.5) is 5.00 Å². The molecule has 2 aromatic rings. The van der Waals surface area contributed by atoms with Gasteiger partial charge in [-0.3, -0.25) is 0 Å². The Labute approximate surface area is 113 Å². The van der Waals surface area contributed by atoms with Crippen LogP contribution in [-0.2, 0) is 5.41 Å². The van der Waals surface area contributed by atoms with Crippen LogP contribution < -0.4 is 4.90 Å². The Balaban J connectivity index is 2.56. The van der Waals surface area contributed by atoms with Gasteiger partial charge in [-0.15, -0.1) is 11.3 Å². The highest BCUT2D eigenvalue weighted by Crippen LogP contribution is 2.39. The summed E-state index contributed by atoms with van der Waals surface area (Å²) in [7, 11) is 4.15. The fourth-order valence-electron chi connectivity index (χ4n) is 1.72. The molecule has 0 atom stereocenters. The van der Waals surface area contributed by atoms with Gasteiger partial charge in [-0.25, -0.2) is 4.98 Å². The quantitative estimate of drug-likeness (QED) is 0.805. The van der Waals surface area contributed by atoms with Crippen molar-refractivity contribution in [2.75, 3.05) is 19.0 Å². The summed E-state index contributed by atoms with van der Waals surface area (Å²) in [5.41, 5.74) is 2.38. The molecule has 0 saturated heterocycles. The topological polar surface area (TPSA) is 16.1 Å². The third kappa shape index (κ3) is 2.56. The molecule has 0 bridgehead atoms. The van der Waals surface area contributed by atoms with E-state index in [1.165, 1.54) is 15.6 Å². The van der Waals surface area contributed by atoms with Gasteiger partial charge in [0.25, 0.3) is 0 Å². The number of nitrogens with zero attached hydrogens (tertiary/aromatic N) is 2. The predicted molar refractivity (Wildman–Crippen MR) is 80.6 cm³/mol. The summed E-state index contributed by atoms with van der Waals surface area (Å²) in [5.74, 6) is 0. The molecule has 96 valence electrons. The highest BCUT2D eigenvalue weighted by atomic mass is 32.1. The van der Waals surface area contributed by atoms with Crippen LogP contribution in [0.5, 0.6) is 0 Å². The van der Waals surface area contributed by atoms with Crippen molar-refractivity contribution in [3.63, 3.8) is 0 Å². The van der Waals surface area contributed by atoms with E-state index in [0.29, 0.717) is 0 Å². The van der Waals surface area contributed by atoms with Gasteiger partial charge >= 0.3 is 0 Å². The van der Waals surface area contributed by atoms with Gasteiger partial charge in [0.15, 0.2) is 0 Å². The van der Waals surface area contributed by atoms with Crippen LogP contribution in [0.15, 0.2) is 30.3 Å². The van der Waals surface area contributed by atoms with Crippen molar-refractivity contribution in [1.82, 2.24) is 4.98 Å². The molecule has 3 heteroatoms. The monoisotopic (exact) mass is 260 g/mol. The van der Waals surface area contributed by atoms with Crippen LogP contribution in [0, 0.1) is 0 Å². The highest BCUT2D eigenvalue weighted by Gasteiger charge is 2.22. The lowest BCUT2D eigenvalue weighted by Gasteiger charge is -2.13. The Morgan fingerprint density at radius 2 is 1.67 bits per heavy atom. The van der Waals surface area contributed by atoms with Gasteiger partial charge in [-0.05, 0) is 0 Å². The molecular weight excluding hydrogens is 240 g/mol. The summed E-state index contributed by atoms with van der Waals surface area (Å²) < 4.78 is 0. The lowest BCUT2D eigenvalue weighted by molar-refractivity contribution is 0.586. The van der Waals surface area contributed by atoms with Gasteiger partial charge in [-0.2, -0.15) is 0 Å². The van der Waals surface area contributed by atoms with E-state index in [1.54, 1.807) is 11.3 Å². The Morgan fingerprint density at radius 3 is 2.17 bits per heavy atom. The van der Waals surface area contributed by atoms with Crippen LogP contribution in [0.2, 0.25) is 0 Å². The molecule has 0 spiro atoms. The van der Waals surface area contributed by atoms with Crippen molar-refractivity contribution in [3.05, 3.63) is 35.3 Å². The SMILES string of the molecule is CN(C)c1sc(C(C)(C)C)nc1-c1ccccc1. The first-order valence-corrected chi connectivity index (χ1v) is 6.95. The molecule has 0 radical (unpaired) electrons. The lowest BCUT2D eigenvalue weighted by atomic mass is 9.98. The van der Waals surface area contributed by atoms with Gasteiger partial charge in [0.05, 0.1) is 0 Å². The predicted octanol–water partition coefficient (Wildman–Crippen LogP) is 4.17. The molecule has 0 aliphatic heterocycles. The molecule has 0 unspecified atom stereocenters. The standard InChI is InChI=1S/C15H20N2S/c1-15(2,3)14-16-12(13(18-14)17(4)5)11-9-7-6-8-10-11/h6-10H,1-5H3. The average Bonchev–Trinajstić information content (AvgIpc) is 2.74. The summed E-state index contributed by atoms with van der Waals surface area (Å²) in [4.78, 5) is 7.00. The minimum Gasteiger partial charge on any atom is -0.368 e. The number of hydrogen-bond donors (Lipinski definition) is 0. The van der Waals surface area contributed by atoms with Crippen molar-refractivity contribution in [2.45, 2.75) is 26.2 Å². The van der Waals surface area contributed by atoms with E-state index in [9.17, 15) is 0 Å². The number of thiazole rings is 1. The van der Waals surface area contributed by atoms with E-state index >= 15 is 0 Å². The van der Waals surface area contributed by atoms with E-state index in [0.717, 1.165) is 5.69 Å². The molecule has 0 amide bonds. The smallest absolute Gasteiger partial charge is 0.119 e. The fraction of sp³-hybridized carbons (Fsp3) is 0.400. The third-order valence-electron chi connectivity index (χ3n) is 2.70. The molecule has 0 aliphatic carbocycles. The van der Waals surface area contributed by atoms with E-state index in [2.05, 4.69) is 64.0 Å². The van der Waals surface area contributed by atoms with Crippen LogP contribution in [-0.4, -0.2) is 19.1 Å². The largest absolute Gasteiger partial charge is 0.368 e. The molecule has 2 nitrogen and oxygen atoms in total. The zero-order chi connectivity index (χ0) is 13.3. The van der Waals surface area contributed by atoms with Crippen LogP contribution in [0.1, 0.15) is 25.8 Å². The molecule has 0 aliphatic rings. The molecule has 0 saturated carbocycles. The summed E-state index contributed by atoms with van der Waals surface area (Å²) >= 11 is 1.78. The number of rotatable bonds is 2. The second-order valence-corrected chi connectivity index (χ2v) is 6.66. The number of hydrogen-bond acceptors (Lipinski definition) is 3. The number of anilines is 1. The Kier molecular flexibility index (Phi) is 3.44. The van der Waals surface area contributed by atoms with E-state index < -0.39 is 0 Å². The van der Waals surface area contributed by atoms with Crippen molar-refractivity contribution in [3.8, 4) is 11.3 Å². The van der Waals surface area contributed by atoms with Crippen molar-refractivity contribution in [2.24, 2.45) is 0 Å². The van der Waals surface area contributed by atoms with Gasteiger partial charge in [-0.1, -0.05) is 51.1 Å². The van der Waals surface area contributed by atoms with Gasteiger partial charge in [0.1, 0.15) is 15.7 Å². The van der Waals surface area contributed by atoms with Crippen molar-refractivity contribution in [1.29, 1.82) is 0 Å². The maximum absolute atomic E-state index is 4.85. The van der Waals surface area contributed by atoms with Crippen molar-refractivity contribution >= 4 is 16.3 Å². The fourth-order valence-corrected chi connectivity index (χ4v) is 2.79. The summed E-state index contributed by atoms with van der Waals surface area (Å²) in [5, 5.41) is 2.41. The molecule has 1 heterocycles. The first-order chi connectivity index (χ1) is 8.39. The molecule has 1 aromatic heterocycles. The normalized spacial score (nSPS) is 11.6. The minimum atomic E-state index is 0.0997. The zero-order valence-corrected chi connectivity index (χ0v) is 12.5. The Morgan fingerprint density at radius 1 is 1.06 bits per heavy atom. The van der Waals surface area contributed by atoms with Crippen LogP contribution in [0.25, 0.3) is 11.3 Å². The summed E-state index contributed by atoms with van der Waals surface area (Å²) in [6.07, 6.45) is 0. The summed E-state index contributed by atoms with van der Waals surface area (Å²) in [6, 6.07) is 10.4. The molecule has 18 heavy (non-hydrogen) atoms. The molecule has 0 fully saturated rings. The molecule has 2 rings (SSSR count). The van der Waals surface area contributed by atoms with Crippen LogP contribution >= 0.6 is 11.3 Å². The second kappa shape index (κ2) is 4.73. The molecular formula is C15H20N2S. The first kappa shape index (κ1) is 13.1. The van der Waals surface area contributed by atoms with Crippen molar-refractivity contribution < 1.29 is 0 Å². The minimum absolute atomic E-state index is 0.0997. The van der Waals surface area contributed by atoms with Gasteiger partial charge in [0, 0.05) is 25.1 Å². The van der Waals surface area contributed by atoms with Crippen LogP contribution in [0.3, 0.4) is 0 Å². The number of benzene rings is 1. The molecule has 0 N–H and O–H groups in total. The van der Waals surface area contributed by atoms with E-state index in [-0.39, 0.29) is 5.41 Å².